The van der Waals surface area contributed by atoms with Crippen molar-refractivity contribution in [2.75, 3.05) is 6.26 Å². The summed E-state index contributed by atoms with van der Waals surface area (Å²) in [4.78, 5) is 3.09. The number of H-pyrrole nitrogens is 1. The average Bonchev–Trinajstić information content (AvgIpc) is 2.55. The van der Waals surface area contributed by atoms with Gasteiger partial charge in [-0.05, 0) is 36.7 Å². The maximum atomic E-state index is 13.2. The zero-order valence-corrected chi connectivity index (χ0v) is 10.8. The molecule has 2 nitrogen and oxygen atoms in total. The minimum atomic E-state index is -0.230. The third kappa shape index (κ3) is 2.15. The van der Waals surface area contributed by atoms with Crippen molar-refractivity contribution in [3.63, 3.8) is 0 Å². The fourth-order valence-corrected chi connectivity index (χ4v) is 2.22. The van der Waals surface area contributed by atoms with Gasteiger partial charge in [-0.1, -0.05) is 6.92 Å². The van der Waals surface area contributed by atoms with Crippen molar-refractivity contribution in [2.45, 2.75) is 18.7 Å². The maximum Gasteiger partial charge on any atom is 0.178 e. The van der Waals surface area contributed by atoms with Crippen LogP contribution in [0.4, 0.5) is 4.39 Å². The van der Waals surface area contributed by atoms with E-state index in [4.69, 9.17) is 12.2 Å². The fourth-order valence-electron chi connectivity index (χ4n) is 1.64. The summed E-state index contributed by atoms with van der Waals surface area (Å²) < 4.78 is 15.8. The van der Waals surface area contributed by atoms with Crippen molar-refractivity contribution in [1.29, 1.82) is 0 Å². The lowest BCUT2D eigenvalue weighted by atomic mass is 10.3. The van der Waals surface area contributed by atoms with Gasteiger partial charge in [0.1, 0.15) is 5.82 Å². The third-order valence-corrected chi connectivity index (χ3v) is 3.86. The van der Waals surface area contributed by atoms with Gasteiger partial charge in [0.25, 0.3) is 0 Å². The smallest absolute Gasteiger partial charge is 0.178 e. The van der Waals surface area contributed by atoms with Crippen molar-refractivity contribution < 1.29 is 4.39 Å². The second-order valence-electron chi connectivity index (χ2n) is 3.75. The average molecular weight is 256 g/mol. The first-order valence-corrected chi connectivity index (χ1v) is 6.72. The number of imidazole rings is 1. The zero-order valence-electron chi connectivity index (χ0n) is 9.16. The third-order valence-electron chi connectivity index (χ3n) is 2.58. The van der Waals surface area contributed by atoms with Crippen molar-refractivity contribution in [1.82, 2.24) is 9.55 Å². The van der Waals surface area contributed by atoms with Gasteiger partial charge in [-0.3, -0.25) is 0 Å². The summed E-state index contributed by atoms with van der Waals surface area (Å²) in [6.07, 6.45) is 2.06. The summed E-state index contributed by atoms with van der Waals surface area (Å²) in [7, 11) is 0. The highest BCUT2D eigenvalue weighted by Gasteiger charge is 2.08. The first-order valence-electron chi connectivity index (χ1n) is 5.02. The molecule has 0 aliphatic rings. The van der Waals surface area contributed by atoms with Crippen molar-refractivity contribution >= 4 is 35.0 Å². The predicted octanol–water partition coefficient (Wildman–Crippen LogP) is 3.59. The molecular weight excluding hydrogens is 243 g/mol. The Morgan fingerprint density at radius 2 is 2.31 bits per heavy atom. The van der Waals surface area contributed by atoms with E-state index < -0.39 is 0 Å². The number of benzene rings is 1. The number of hydrogen-bond acceptors (Lipinski definition) is 2. The van der Waals surface area contributed by atoms with E-state index in [1.807, 2.05) is 4.57 Å². The molecule has 2 rings (SSSR count). The first-order chi connectivity index (χ1) is 7.61. The molecule has 1 unspecified atom stereocenters. The lowest BCUT2D eigenvalue weighted by Crippen LogP contribution is -2.08. The SMILES string of the molecule is CSC(C)Cn1c(=S)[nH]c2ccc(F)cc21. The molecule has 0 aliphatic carbocycles. The largest absolute Gasteiger partial charge is 0.331 e. The van der Waals surface area contributed by atoms with Gasteiger partial charge in [-0.15, -0.1) is 0 Å². The normalized spacial score (nSPS) is 13.2. The Balaban J connectivity index is 2.54. The monoisotopic (exact) mass is 256 g/mol. The molecule has 0 radical (unpaired) electrons. The van der Waals surface area contributed by atoms with Crippen LogP contribution in [0.3, 0.4) is 0 Å². The Hall–Kier alpha value is -0.810. The van der Waals surface area contributed by atoms with Crippen molar-refractivity contribution in [2.24, 2.45) is 0 Å². The number of hydrogen-bond donors (Lipinski definition) is 1. The zero-order chi connectivity index (χ0) is 11.7. The minimum Gasteiger partial charge on any atom is -0.331 e. The second kappa shape index (κ2) is 4.59. The first kappa shape index (κ1) is 11.7. The van der Waals surface area contributed by atoms with Crippen LogP contribution >= 0.6 is 24.0 Å². The van der Waals surface area contributed by atoms with Gasteiger partial charge in [0.2, 0.25) is 0 Å². The number of nitrogens with one attached hydrogen (secondary N) is 1. The Morgan fingerprint density at radius 1 is 1.56 bits per heavy atom. The highest BCUT2D eigenvalue weighted by Crippen LogP contribution is 2.18. The fraction of sp³-hybridized carbons (Fsp3) is 0.364. The van der Waals surface area contributed by atoms with Crippen LogP contribution in [0.25, 0.3) is 11.0 Å². The van der Waals surface area contributed by atoms with Gasteiger partial charge in [-0.2, -0.15) is 11.8 Å². The van der Waals surface area contributed by atoms with E-state index in [9.17, 15) is 4.39 Å². The van der Waals surface area contributed by atoms with Crippen molar-refractivity contribution in [3.05, 3.63) is 28.8 Å². The van der Waals surface area contributed by atoms with Crippen LogP contribution in [0.15, 0.2) is 18.2 Å². The second-order valence-corrected chi connectivity index (χ2v) is 5.41. The summed E-state index contributed by atoms with van der Waals surface area (Å²) in [5.74, 6) is -0.230. The van der Waals surface area contributed by atoms with Crippen LogP contribution in [0.5, 0.6) is 0 Å². The number of rotatable bonds is 3. The van der Waals surface area contributed by atoms with Crippen LogP contribution in [0, 0.1) is 10.6 Å². The standard InChI is InChI=1S/C11H13FN2S2/c1-7(16-2)6-14-10-5-8(12)3-4-9(10)13-11(14)15/h3-5,7H,6H2,1-2H3,(H,13,15). The van der Waals surface area contributed by atoms with Crippen LogP contribution in [-0.2, 0) is 6.54 Å². The van der Waals surface area contributed by atoms with E-state index in [2.05, 4.69) is 18.2 Å². The lowest BCUT2D eigenvalue weighted by molar-refractivity contribution is 0.627. The van der Waals surface area contributed by atoms with Crippen molar-refractivity contribution in [3.8, 4) is 0 Å². The van der Waals surface area contributed by atoms with Crippen LogP contribution in [0.2, 0.25) is 0 Å². The number of aromatic nitrogens is 2. The lowest BCUT2D eigenvalue weighted by Gasteiger charge is -2.09. The van der Waals surface area contributed by atoms with Gasteiger partial charge in [0.05, 0.1) is 11.0 Å². The Labute approximate surface area is 103 Å². The molecule has 0 saturated heterocycles. The Morgan fingerprint density at radius 3 is 3.00 bits per heavy atom. The highest BCUT2D eigenvalue weighted by molar-refractivity contribution is 7.99. The van der Waals surface area contributed by atoms with Gasteiger partial charge in [-0.25, -0.2) is 4.39 Å². The maximum absolute atomic E-state index is 13.2. The number of thioether (sulfide) groups is 1. The molecule has 0 fully saturated rings. The van der Waals surface area contributed by atoms with E-state index in [1.165, 1.54) is 12.1 Å². The van der Waals surface area contributed by atoms with E-state index in [0.717, 1.165) is 17.6 Å². The molecule has 0 amide bonds. The summed E-state index contributed by atoms with van der Waals surface area (Å²) >= 11 is 7.01. The molecule has 1 aromatic heterocycles. The molecule has 0 bridgehead atoms. The van der Waals surface area contributed by atoms with Gasteiger partial charge in [0, 0.05) is 11.8 Å². The quantitative estimate of drug-likeness (QED) is 0.847. The molecule has 0 saturated carbocycles. The number of fused-ring (bicyclic) bond motifs is 1. The summed E-state index contributed by atoms with van der Waals surface area (Å²) in [5.41, 5.74) is 1.73. The van der Waals surface area contributed by atoms with E-state index in [1.54, 1.807) is 17.8 Å². The minimum absolute atomic E-state index is 0.230. The van der Waals surface area contributed by atoms with Crippen LogP contribution in [-0.4, -0.2) is 21.1 Å². The molecule has 16 heavy (non-hydrogen) atoms. The molecule has 1 aromatic carbocycles. The summed E-state index contributed by atoms with van der Waals surface area (Å²) in [6.45, 7) is 2.92. The molecule has 2 aromatic rings. The van der Waals surface area contributed by atoms with Gasteiger partial charge < -0.3 is 9.55 Å². The van der Waals surface area contributed by atoms with Crippen LogP contribution in [0.1, 0.15) is 6.92 Å². The van der Waals surface area contributed by atoms with E-state index in [-0.39, 0.29) is 5.82 Å². The molecule has 5 heteroatoms. The Kier molecular flexibility index (Phi) is 3.35. The molecule has 1 atom stereocenters. The molecule has 1 heterocycles. The van der Waals surface area contributed by atoms with Crippen LogP contribution < -0.4 is 0 Å². The molecule has 0 spiro atoms. The number of nitrogens with zero attached hydrogens (tertiary/aromatic N) is 1. The number of halogens is 1. The molecule has 86 valence electrons. The predicted molar refractivity (Wildman–Crippen MR) is 70.1 cm³/mol. The molecule has 0 aliphatic heterocycles. The topological polar surface area (TPSA) is 20.7 Å². The number of aromatic amines is 1. The molecular formula is C11H13FN2S2. The van der Waals surface area contributed by atoms with Gasteiger partial charge in [0.15, 0.2) is 4.77 Å². The van der Waals surface area contributed by atoms with E-state index >= 15 is 0 Å². The summed E-state index contributed by atoms with van der Waals surface area (Å²) in [6, 6.07) is 4.69. The van der Waals surface area contributed by atoms with E-state index in [0.29, 0.717) is 10.0 Å². The highest BCUT2D eigenvalue weighted by atomic mass is 32.2. The van der Waals surface area contributed by atoms with Gasteiger partial charge >= 0.3 is 0 Å². The molecule has 1 N–H and O–H groups in total. The Bertz CT molecular complexity index is 559. The summed E-state index contributed by atoms with van der Waals surface area (Å²) in [5, 5.41) is 0.453.